The van der Waals surface area contributed by atoms with Crippen molar-refractivity contribution in [3.63, 3.8) is 0 Å². The van der Waals surface area contributed by atoms with Crippen LogP contribution in [0.1, 0.15) is 40.2 Å². The lowest BCUT2D eigenvalue weighted by Crippen LogP contribution is -2.17. The van der Waals surface area contributed by atoms with Crippen molar-refractivity contribution >= 4 is 7.85 Å². The molecule has 0 amide bonds. The summed E-state index contributed by atoms with van der Waals surface area (Å²) in [6.07, 6.45) is 5.68. The van der Waals surface area contributed by atoms with E-state index in [1.165, 1.54) is 74.2 Å². The minimum absolute atomic E-state index is 0.572. The maximum Gasteiger partial charge on any atom is 0.101 e. The maximum atomic E-state index is 5.44. The molecular formula is C30H28BN. The third kappa shape index (κ3) is 3.04. The van der Waals surface area contributed by atoms with E-state index in [4.69, 9.17) is 4.98 Å². The molecule has 1 aromatic heterocycles. The van der Waals surface area contributed by atoms with E-state index in [-0.39, 0.29) is 0 Å². The van der Waals surface area contributed by atoms with Gasteiger partial charge in [-0.3, -0.25) is 0 Å². The number of hydrogen-bond donors (Lipinski definition) is 0. The van der Waals surface area contributed by atoms with Gasteiger partial charge in [0, 0.05) is 11.1 Å². The molecule has 2 aliphatic rings. The first-order chi connectivity index (χ1) is 15.7. The Bertz CT molecular complexity index is 1340. The van der Waals surface area contributed by atoms with Crippen molar-refractivity contribution in [2.45, 2.75) is 44.8 Å². The van der Waals surface area contributed by atoms with Gasteiger partial charge in [0.05, 0.1) is 11.4 Å². The number of nitrogens with zero attached hydrogens (tertiary/aromatic N) is 1. The lowest BCUT2D eigenvalue weighted by molar-refractivity contribution is 0.651. The number of benzene rings is 3. The van der Waals surface area contributed by atoms with Crippen molar-refractivity contribution < 1.29 is 0 Å². The highest BCUT2D eigenvalue weighted by Gasteiger charge is 2.32. The Kier molecular flexibility index (Phi) is 4.75. The smallest absolute Gasteiger partial charge is 0.101 e. The first-order valence-corrected chi connectivity index (χ1v) is 12.0. The van der Waals surface area contributed by atoms with Crippen LogP contribution in [0.25, 0.3) is 33.6 Å². The highest BCUT2D eigenvalue weighted by molar-refractivity contribution is 6.08. The molecule has 0 bridgehead atoms. The van der Waals surface area contributed by atoms with Gasteiger partial charge in [-0.05, 0) is 65.5 Å². The zero-order valence-electron chi connectivity index (χ0n) is 19.0. The highest BCUT2D eigenvalue weighted by atomic mass is 14.7. The first kappa shape index (κ1) is 19.6. The van der Waals surface area contributed by atoms with Crippen LogP contribution >= 0.6 is 0 Å². The number of aromatic nitrogens is 1. The SMILES string of the molecule is BCCC1Cc2c(nc3c(c2-c2cccc(C)c2)CCc2ccccc2-3)-c2ccccc21. The van der Waals surface area contributed by atoms with Gasteiger partial charge < -0.3 is 0 Å². The average Bonchev–Trinajstić information content (AvgIpc) is 2.83. The highest BCUT2D eigenvalue weighted by Crippen LogP contribution is 2.48. The summed E-state index contributed by atoms with van der Waals surface area (Å²) in [5.41, 5.74) is 15.0. The van der Waals surface area contributed by atoms with E-state index in [0.717, 1.165) is 19.3 Å². The Morgan fingerprint density at radius 2 is 1.62 bits per heavy atom. The molecule has 0 N–H and O–H groups in total. The number of pyridine rings is 1. The summed E-state index contributed by atoms with van der Waals surface area (Å²) in [5, 5.41) is 0. The second-order valence-electron chi connectivity index (χ2n) is 9.44. The summed E-state index contributed by atoms with van der Waals surface area (Å²) in [5.74, 6) is 0.572. The molecule has 0 saturated carbocycles. The molecule has 6 rings (SSSR count). The normalized spacial score (nSPS) is 16.0. The molecule has 0 saturated heterocycles. The second-order valence-corrected chi connectivity index (χ2v) is 9.44. The Morgan fingerprint density at radius 1 is 0.844 bits per heavy atom. The minimum Gasteiger partial charge on any atom is -0.247 e. The summed E-state index contributed by atoms with van der Waals surface area (Å²) in [6.45, 7) is 2.20. The Labute approximate surface area is 192 Å². The molecule has 1 unspecified atom stereocenters. The lowest BCUT2D eigenvalue weighted by Gasteiger charge is -2.32. The molecule has 1 nitrogen and oxygen atoms in total. The van der Waals surface area contributed by atoms with Gasteiger partial charge in [0.2, 0.25) is 0 Å². The van der Waals surface area contributed by atoms with E-state index in [1.807, 2.05) is 0 Å². The molecule has 0 radical (unpaired) electrons. The molecule has 156 valence electrons. The van der Waals surface area contributed by atoms with E-state index in [2.05, 4.69) is 87.6 Å². The van der Waals surface area contributed by atoms with Gasteiger partial charge in [0.25, 0.3) is 0 Å². The third-order valence-corrected chi connectivity index (χ3v) is 7.37. The van der Waals surface area contributed by atoms with Gasteiger partial charge in [-0.15, -0.1) is 0 Å². The van der Waals surface area contributed by atoms with Crippen LogP contribution in [0.2, 0.25) is 6.32 Å². The Balaban J connectivity index is 1.70. The summed E-state index contributed by atoms with van der Waals surface area (Å²) in [7, 11) is 2.31. The van der Waals surface area contributed by atoms with Crippen molar-refractivity contribution in [2.24, 2.45) is 0 Å². The van der Waals surface area contributed by atoms with Crippen LogP contribution in [0, 0.1) is 6.92 Å². The fraction of sp³-hybridized carbons (Fsp3) is 0.233. The molecule has 2 aliphatic carbocycles. The fourth-order valence-electron chi connectivity index (χ4n) is 5.96. The van der Waals surface area contributed by atoms with Gasteiger partial charge in [0.15, 0.2) is 0 Å². The molecule has 32 heavy (non-hydrogen) atoms. The zero-order valence-corrected chi connectivity index (χ0v) is 19.0. The van der Waals surface area contributed by atoms with Gasteiger partial charge in [-0.2, -0.15) is 0 Å². The van der Waals surface area contributed by atoms with Gasteiger partial charge >= 0.3 is 0 Å². The molecular weight excluding hydrogens is 385 g/mol. The Hall–Kier alpha value is -3.13. The molecule has 4 aromatic rings. The molecule has 0 aliphatic heterocycles. The van der Waals surface area contributed by atoms with Crippen LogP contribution in [0.5, 0.6) is 0 Å². The predicted octanol–water partition coefficient (Wildman–Crippen LogP) is 6.57. The monoisotopic (exact) mass is 413 g/mol. The van der Waals surface area contributed by atoms with Crippen LogP contribution in [-0.2, 0) is 19.3 Å². The van der Waals surface area contributed by atoms with E-state index in [9.17, 15) is 0 Å². The van der Waals surface area contributed by atoms with E-state index < -0.39 is 0 Å². The largest absolute Gasteiger partial charge is 0.247 e. The van der Waals surface area contributed by atoms with Crippen LogP contribution in [0.3, 0.4) is 0 Å². The van der Waals surface area contributed by atoms with Gasteiger partial charge in [-0.1, -0.05) is 91.1 Å². The zero-order chi connectivity index (χ0) is 21.7. The molecule has 0 spiro atoms. The molecule has 2 heteroatoms. The topological polar surface area (TPSA) is 12.9 Å². The minimum atomic E-state index is 0.572. The fourth-order valence-corrected chi connectivity index (χ4v) is 5.96. The Morgan fingerprint density at radius 3 is 2.47 bits per heavy atom. The third-order valence-electron chi connectivity index (χ3n) is 7.37. The van der Waals surface area contributed by atoms with Crippen LogP contribution in [0.4, 0.5) is 0 Å². The molecule has 0 fully saturated rings. The average molecular weight is 413 g/mol. The van der Waals surface area contributed by atoms with Crippen LogP contribution in [-0.4, -0.2) is 12.8 Å². The summed E-state index contributed by atoms with van der Waals surface area (Å²) in [6, 6.07) is 26.9. The van der Waals surface area contributed by atoms with Crippen LogP contribution < -0.4 is 0 Å². The van der Waals surface area contributed by atoms with Crippen molar-refractivity contribution in [3.8, 4) is 33.6 Å². The van der Waals surface area contributed by atoms with Crippen molar-refractivity contribution in [1.29, 1.82) is 0 Å². The quantitative estimate of drug-likeness (QED) is 0.346. The first-order valence-electron chi connectivity index (χ1n) is 12.0. The lowest BCUT2D eigenvalue weighted by atomic mass is 9.73. The number of aryl methyl sites for hydroxylation is 2. The predicted molar refractivity (Wildman–Crippen MR) is 137 cm³/mol. The summed E-state index contributed by atoms with van der Waals surface area (Å²) < 4.78 is 0. The van der Waals surface area contributed by atoms with E-state index in [1.54, 1.807) is 0 Å². The van der Waals surface area contributed by atoms with Crippen molar-refractivity contribution in [3.05, 3.63) is 101 Å². The standard InChI is InChI=1S/C30H28BN/c1-19-7-6-9-22(17-19)28-26-14-13-20-8-2-3-11-24(20)29(26)32-30-25-12-5-4-10-23(25)21(15-16-31)18-27(28)30/h2-12,17,21H,13-16,18,31H2,1H3. The number of fused-ring (bicyclic) bond motifs is 6. The van der Waals surface area contributed by atoms with Gasteiger partial charge in [0.1, 0.15) is 7.85 Å². The number of hydrogen-bond acceptors (Lipinski definition) is 1. The molecule has 3 aromatic carbocycles. The van der Waals surface area contributed by atoms with E-state index in [0.29, 0.717) is 5.92 Å². The second kappa shape index (κ2) is 7.78. The van der Waals surface area contributed by atoms with Crippen molar-refractivity contribution in [2.75, 3.05) is 0 Å². The van der Waals surface area contributed by atoms with E-state index >= 15 is 0 Å². The summed E-state index contributed by atoms with van der Waals surface area (Å²) in [4.78, 5) is 5.44. The van der Waals surface area contributed by atoms with Gasteiger partial charge in [-0.25, -0.2) is 4.98 Å². The van der Waals surface area contributed by atoms with Crippen LogP contribution in [0.15, 0.2) is 72.8 Å². The molecule has 1 atom stereocenters. The summed E-state index contributed by atoms with van der Waals surface area (Å²) >= 11 is 0. The maximum absolute atomic E-state index is 5.44. The molecule has 1 heterocycles. The van der Waals surface area contributed by atoms with Crippen molar-refractivity contribution in [1.82, 2.24) is 4.98 Å². The number of rotatable bonds is 3.